The van der Waals surface area contributed by atoms with E-state index in [-0.39, 0.29) is 111 Å². The molecule has 0 amide bonds. The minimum atomic E-state index is -0.181. The first-order chi connectivity index (χ1) is 32.0. The third-order valence-corrected chi connectivity index (χ3v) is 13.4. The topological polar surface area (TPSA) is 149 Å². The minimum absolute atomic E-state index is 0. The van der Waals surface area contributed by atoms with Crippen LogP contribution < -0.4 is 128 Å². The van der Waals surface area contributed by atoms with Crippen LogP contribution in [-0.2, 0) is 26.5 Å². The van der Waals surface area contributed by atoms with E-state index in [9.17, 15) is 0 Å². The van der Waals surface area contributed by atoms with E-state index in [2.05, 4.69) is 134 Å². The van der Waals surface area contributed by atoms with Gasteiger partial charge in [-0.15, -0.1) is 36.2 Å². The van der Waals surface area contributed by atoms with Gasteiger partial charge in [-0.05, 0) is 89.8 Å². The molecule has 0 fully saturated rings. The number of rotatable bonds is 12. The van der Waals surface area contributed by atoms with Gasteiger partial charge in [0.15, 0.2) is 0 Å². The zero-order valence-corrected chi connectivity index (χ0v) is 53.1. The first kappa shape index (κ1) is 64.9. The smallest absolute Gasteiger partial charge is 1.00 e. The number of methoxy groups -OCH3 is 3. The van der Waals surface area contributed by atoms with Crippen LogP contribution >= 0.6 is 99.9 Å². The van der Waals surface area contributed by atoms with Gasteiger partial charge in [0.2, 0.25) is 0 Å². The Morgan fingerprint density at radius 2 is 1.15 bits per heavy atom. The Labute approximate surface area is 533 Å². The maximum absolute atomic E-state index is 9.07. The number of carbonyl (C=O) groups is 1. The molecular formula is C49H46Br4K2N4O6S3. The fraction of sp³-hybridized carbons (Fsp3) is 0.184. The van der Waals surface area contributed by atoms with Crippen LogP contribution in [0.3, 0.4) is 0 Å². The Morgan fingerprint density at radius 1 is 0.706 bits per heavy atom. The Bertz CT molecular complexity index is 2600. The van der Waals surface area contributed by atoms with E-state index in [0.29, 0.717) is 0 Å². The van der Waals surface area contributed by atoms with E-state index in [4.69, 9.17) is 34.8 Å². The third kappa shape index (κ3) is 23.6. The second-order valence-electron chi connectivity index (χ2n) is 13.0. The van der Waals surface area contributed by atoms with Crippen LogP contribution in [0.2, 0.25) is 0 Å². The van der Waals surface area contributed by atoms with E-state index < -0.39 is 0 Å². The van der Waals surface area contributed by atoms with Gasteiger partial charge in [0.1, 0.15) is 23.1 Å². The number of nitriles is 2. The molecule has 6 aromatic rings. The number of ether oxygens (including phenoxy) is 3. The largest absolute Gasteiger partial charge is 1.00 e. The molecular weight excluding hydrogens is 1230 g/mol. The van der Waals surface area contributed by atoms with Gasteiger partial charge in [-0.25, -0.2) is 0 Å². The predicted octanol–water partition coefficient (Wildman–Crippen LogP) is 6.87. The van der Waals surface area contributed by atoms with E-state index >= 15 is 0 Å². The number of benzene rings is 6. The van der Waals surface area contributed by atoms with Gasteiger partial charge in [-0.3, -0.25) is 9.79 Å². The summed E-state index contributed by atoms with van der Waals surface area (Å²) in [5.74, 6) is 5.20. The molecule has 0 saturated heterocycles. The van der Waals surface area contributed by atoms with Crippen molar-refractivity contribution in [3.8, 4) is 29.4 Å². The molecule has 0 spiro atoms. The average Bonchev–Trinajstić information content (AvgIpc) is 3.36. The zero-order valence-electron chi connectivity index (χ0n) is 39.0. The number of hydrogen-bond acceptors (Lipinski definition) is 13. The number of aliphatic imine (C=N–C) groups is 1. The summed E-state index contributed by atoms with van der Waals surface area (Å²) in [5.41, 5.74) is 6.05. The standard InChI is InChI=1S/C18H19BrN2OS.C15H12BrNOS.C8H6BrN.C7H7BrOS.CH2O3.2K.H/c1-22-16-8-7-14(19)11-17(16)23-12-13-5-2-3-6-15(13)18-20-9-4-10-21-18;1-18-14-7-6-13(16)8-15(14)19-10-12-5-3-2-4-11(12)9-17;9-5-7-3-1-2-4-8(7)6-10;1-9-6-3-2-5(8)4-7(6)10;2-1-4-3;;;/h2-3,5-8,11H,4,9-10,12H2,1H3,(H,20,21);2-8H,10H2,1H3;1-4H,5H2;2-4,10H,1H3;1,3H;;;/q;;;;;2*+1;-1/p-1. The molecule has 1 N–H and O–H groups in total. The Hall–Kier alpha value is -1.16. The molecule has 0 atom stereocenters. The number of alkyl halides is 1. The van der Waals surface area contributed by atoms with Crippen molar-refractivity contribution in [1.29, 1.82) is 10.5 Å². The van der Waals surface area contributed by atoms with Crippen LogP contribution in [0.1, 0.15) is 41.2 Å². The Morgan fingerprint density at radius 3 is 1.59 bits per heavy atom. The number of thiol groups is 1. The molecule has 0 aromatic heterocycles. The average molecular weight is 1280 g/mol. The predicted molar refractivity (Wildman–Crippen MR) is 282 cm³/mol. The van der Waals surface area contributed by atoms with Gasteiger partial charge in [0.05, 0.1) is 54.4 Å². The number of thioether (sulfide) groups is 2. The van der Waals surface area contributed by atoms with Crippen LogP contribution in [-0.4, -0.2) is 46.7 Å². The molecule has 346 valence electrons. The maximum atomic E-state index is 9.07. The number of carbonyl (C=O) groups excluding carboxylic acids is 1. The molecule has 0 radical (unpaired) electrons. The van der Waals surface area contributed by atoms with Crippen LogP contribution in [0.15, 0.2) is 160 Å². The fourth-order valence-electron chi connectivity index (χ4n) is 5.59. The third-order valence-electron chi connectivity index (χ3n) is 8.79. The first-order valence-corrected chi connectivity index (χ1v) is 25.5. The minimum Gasteiger partial charge on any atom is -1.00 e. The SMILES string of the molecule is COc1ccc(Br)cc1S.COc1ccc(Br)cc1SCc1ccccc1C#N.COc1ccc(Br)cc1SCc1ccccc1C1=NCCCN1.N#Cc1ccccc1CBr.O=CO[O-].[H-].[K+].[K+]. The molecule has 7 rings (SSSR count). The Kier molecular flexibility index (Phi) is 36.7. The quantitative estimate of drug-likeness (QED) is 0.0252. The van der Waals surface area contributed by atoms with Crippen molar-refractivity contribution >= 4 is 112 Å². The van der Waals surface area contributed by atoms with Gasteiger partial charge >= 0.3 is 103 Å². The van der Waals surface area contributed by atoms with E-state index in [1.165, 1.54) is 11.1 Å². The van der Waals surface area contributed by atoms with Crippen molar-refractivity contribution in [3.05, 3.63) is 174 Å². The summed E-state index contributed by atoms with van der Waals surface area (Å²) < 4.78 is 18.9. The van der Waals surface area contributed by atoms with Crippen molar-refractivity contribution in [1.82, 2.24) is 5.32 Å². The summed E-state index contributed by atoms with van der Waals surface area (Å²) in [5, 5.41) is 30.2. The zero-order chi connectivity index (χ0) is 48.1. The molecule has 6 aromatic carbocycles. The molecule has 68 heavy (non-hydrogen) atoms. The first-order valence-electron chi connectivity index (χ1n) is 19.6. The summed E-state index contributed by atoms with van der Waals surface area (Å²) >= 11 is 21.2. The van der Waals surface area contributed by atoms with Crippen molar-refractivity contribution in [2.75, 3.05) is 34.4 Å². The molecule has 1 aliphatic heterocycles. The summed E-state index contributed by atoms with van der Waals surface area (Å²) in [4.78, 5) is 18.9. The second-order valence-corrected chi connectivity index (χ2v) is 18.8. The number of hydrogen-bond donors (Lipinski definition) is 2. The molecule has 19 heteroatoms. The summed E-state index contributed by atoms with van der Waals surface area (Å²) in [7, 11) is 5.00. The van der Waals surface area contributed by atoms with Gasteiger partial charge in [0, 0.05) is 53.8 Å². The van der Waals surface area contributed by atoms with E-state index in [1.54, 1.807) is 44.9 Å². The van der Waals surface area contributed by atoms with Crippen LogP contribution in [0.4, 0.5) is 0 Å². The van der Waals surface area contributed by atoms with Crippen molar-refractivity contribution < 1.29 is 133 Å². The normalized spacial score (nSPS) is 10.5. The van der Waals surface area contributed by atoms with Crippen LogP contribution in [0.5, 0.6) is 17.2 Å². The van der Waals surface area contributed by atoms with Crippen molar-refractivity contribution in [3.63, 3.8) is 0 Å². The molecule has 1 aliphatic rings. The molecule has 0 unspecified atom stereocenters. The monoisotopic (exact) mass is 1280 g/mol. The summed E-state index contributed by atoms with van der Waals surface area (Å²) in [6, 6.07) is 45.7. The molecule has 1 heterocycles. The molecule has 0 saturated carbocycles. The van der Waals surface area contributed by atoms with E-state index in [1.807, 2.05) is 97.1 Å². The fourth-order valence-corrected chi connectivity index (χ4v) is 10.1. The summed E-state index contributed by atoms with van der Waals surface area (Å²) in [6.07, 6.45) is 1.11. The van der Waals surface area contributed by atoms with Gasteiger partial charge in [0.25, 0.3) is 6.47 Å². The number of halogens is 4. The van der Waals surface area contributed by atoms with Crippen LogP contribution in [0.25, 0.3) is 0 Å². The van der Waals surface area contributed by atoms with Crippen LogP contribution in [0, 0.1) is 22.7 Å². The van der Waals surface area contributed by atoms with Gasteiger partial charge < -0.3 is 31.1 Å². The maximum Gasteiger partial charge on any atom is 1.00 e. The number of nitrogens with zero attached hydrogens (tertiary/aromatic N) is 3. The molecule has 0 aliphatic carbocycles. The van der Waals surface area contributed by atoms with E-state index in [0.717, 1.165) is 110 Å². The summed E-state index contributed by atoms with van der Waals surface area (Å²) in [6.45, 7) is 1.73. The molecule has 0 bridgehead atoms. The second kappa shape index (κ2) is 38.5. The molecule has 10 nitrogen and oxygen atoms in total. The van der Waals surface area contributed by atoms with Crippen molar-refractivity contribution in [2.24, 2.45) is 4.99 Å². The van der Waals surface area contributed by atoms with Gasteiger partial charge in [-0.2, -0.15) is 10.5 Å². The number of nitrogens with one attached hydrogen (secondary N) is 1. The number of amidine groups is 1. The van der Waals surface area contributed by atoms with Crippen molar-refractivity contribution in [2.45, 2.75) is 37.9 Å². The Balaban J connectivity index is 0.000000903. The van der Waals surface area contributed by atoms with Gasteiger partial charge in [-0.1, -0.05) is 124 Å².